The Morgan fingerprint density at radius 2 is 2.15 bits per heavy atom. The van der Waals surface area contributed by atoms with Crippen LogP contribution in [0.1, 0.15) is 32.4 Å². The molecule has 0 unspecified atom stereocenters. The Balaban J connectivity index is 2.83. The lowest BCUT2D eigenvalue weighted by atomic mass is 10.1. The van der Waals surface area contributed by atoms with Gasteiger partial charge in [0.1, 0.15) is 5.60 Å². The Kier molecular flexibility index (Phi) is 5.04. The molecule has 0 aliphatic rings. The summed E-state index contributed by atoms with van der Waals surface area (Å²) in [5.74, 6) is 0. The van der Waals surface area contributed by atoms with Crippen LogP contribution in [-0.4, -0.2) is 28.3 Å². The van der Waals surface area contributed by atoms with Crippen molar-refractivity contribution >= 4 is 11.8 Å². The lowest BCUT2D eigenvalue weighted by Gasteiger charge is -2.22. The van der Waals surface area contributed by atoms with E-state index < -0.39 is 22.7 Å². The molecule has 1 atom stereocenters. The molecular weight excluding hydrogens is 264 g/mol. The largest absolute Gasteiger partial charge is 0.444 e. The van der Waals surface area contributed by atoms with E-state index in [0.717, 1.165) is 0 Å². The van der Waals surface area contributed by atoms with Crippen molar-refractivity contribution in [2.45, 2.75) is 32.4 Å². The van der Waals surface area contributed by atoms with Crippen LogP contribution in [0.2, 0.25) is 0 Å². The molecule has 0 aromatic heterocycles. The highest BCUT2D eigenvalue weighted by atomic mass is 16.6. The van der Waals surface area contributed by atoms with Gasteiger partial charge in [-0.05, 0) is 26.3 Å². The second-order valence-electron chi connectivity index (χ2n) is 5.23. The number of nitro benzene ring substituents is 1. The molecule has 1 amide bonds. The van der Waals surface area contributed by atoms with E-state index in [0.29, 0.717) is 5.56 Å². The maximum atomic E-state index is 11.6. The van der Waals surface area contributed by atoms with Crippen molar-refractivity contribution < 1.29 is 19.6 Å². The molecule has 0 spiro atoms. The average molecular weight is 282 g/mol. The minimum absolute atomic E-state index is 0.105. The number of benzene rings is 1. The molecule has 2 N–H and O–H groups in total. The highest BCUT2D eigenvalue weighted by Gasteiger charge is 2.21. The third-order valence-electron chi connectivity index (χ3n) is 2.36. The van der Waals surface area contributed by atoms with Gasteiger partial charge in [-0.3, -0.25) is 10.1 Å². The molecule has 1 aromatic rings. The second kappa shape index (κ2) is 6.33. The molecule has 1 rings (SSSR count). The second-order valence-corrected chi connectivity index (χ2v) is 5.23. The summed E-state index contributed by atoms with van der Waals surface area (Å²) in [5.41, 5.74) is -0.327. The predicted molar refractivity (Wildman–Crippen MR) is 72.3 cm³/mol. The first-order valence-electron chi connectivity index (χ1n) is 6.07. The van der Waals surface area contributed by atoms with Crippen molar-refractivity contribution in [2.75, 3.05) is 6.61 Å². The van der Waals surface area contributed by atoms with Crippen LogP contribution in [0, 0.1) is 10.1 Å². The van der Waals surface area contributed by atoms with Gasteiger partial charge in [-0.2, -0.15) is 0 Å². The van der Waals surface area contributed by atoms with Crippen LogP contribution in [0.5, 0.6) is 0 Å². The SMILES string of the molecule is CC(C)(C)OC(=O)N[C@H](CO)c1cccc([N+](=O)[O-])c1. The van der Waals surface area contributed by atoms with Crippen molar-refractivity contribution in [1.82, 2.24) is 5.32 Å². The fraction of sp³-hybridized carbons (Fsp3) is 0.462. The maximum absolute atomic E-state index is 11.6. The van der Waals surface area contributed by atoms with Crippen LogP contribution in [-0.2, 0) is 4.74 Å². The number of carbonyl (C=O) groups is 1. The van der Waals surface area contributed by atoms with E-state index in [1.807, 2.05) is 0 Å². The lowest BCUT2D eigenvalue weighted by Crippen LogP contribution is -2.36. The zero-order valence-electron chi connectivity index (χ0n) is 11.6. The Morgan fingerprint density at radius 1 is 1.50 bits per heavy atom. The van der Waals surface area contributed by atoms with Crippen LogP contribution in [0.3, 0.4) is 0 Å². The third kappa shape index (κ3) is 4.85. The van der Waals surface area contributed by atoms with Crippen molar-refractivity contribution in [3.8, 4) is 0 Å². The predicted octanol–water partition coefficient (Wildman–Crippen LogP) is 2.15. The molecule has 20 heavy (non-hydrogen) atoms. The first-order chi connectivity index (χ1) is 9.23. The van der Waals surface area contributed by atoms with Crippen LogP contribution in [0.4, 0.5) is 10.5 Å². The molecule has 7 nitrogen and oxygen atoms in total. The molecule has 0 saturated heterocycles. The maximum Gasteiger partial charge on any atom is 0.408 e. The van der Waals surface area contributed by atoms with Gasteiger partial charge < -0.3 is 15.2 Å². The van der Waals surface area contributed by atoms with E-state index in [4.69, 9.17) is 4.74 Å². The quantitative estimate of drug-likeness (QED) is 0.650. The van der Waals surface area contributed by atoms with E-state index in [-0.39, 0.29) is 12.3 Å². The van der Waals surface area contributed by atoms with Crippen molar-refractivity contribution in [3.05, 3.63) is 39.9 Å². The molecule has 1 aromatic carbocycles. The average Bonchev–Trinajstić information content (AvgIpc) is 2.34. The standard InChI is InChI=1S/C13H18N2O5/c1-13(2,3)20-12(17)14-11(8-16)9-5-4-6-10(7-9)15(18)19/h4-7,11,16H,8H2,1-3H3,(H,14,17)/t11-/m1/s1. The van der Waals surface area contributed by atoms with Gasteiger partial charge >= 0.3 is 6.09 Å². The summed E-state index contributed by atoms with van der Waals surface area (Å²) in [5, 5.41) is 22.5. The van der Waals surface area contributed by atoms with E-state index in [2.05, 4.69) is 5.32 Å². The highest BCUT2D eigenvalue weighted by Crippen LogP contribution is 2.19. The van der Waals surface area contributed by atoms with Gasteiger partial charge in [0.25, 0.3) is 5.69 Å². The van der Waals surface area contributed by atoms with Crippen LogP contribution in [0.15, 0.2) is 24.3 Å². The molecule has 0 heterocycles. The molecule has 110 valence electrons. The van der Waals surface area contributed by atoms with Crippen molar-refractivity contribution in [3.63, 3.8) is 0 Å². The summed E-state index contributed by atoms with van der Waals surface area (Å²) in [6.07, 6.45) is -0.692. The number of carbonyl (C=O) groups excluding carboxylic acids is 1. The summed E-state index contributed by atoms with van der Waals surface area (Å²) < 4.78 is 5.07. The van der Waals surface area contributed by atoms with Gasteiger partial charge in [-0.25, -0.2) is 4.79 Å². The summed E-state index contributed by atoms with van der Waals surface area (Å²) >= 11 is 0. The Bertz CT molecular complexity index is 496. The number of rotatable bonds is 4. The van der Waals surface area contributed by atoms with E-state index in [1.54, 1.807) is 26.8 Å². The Labute approximate surface area is 116 Å². The van der Waals surface area contributed by atoms with Gasteiger partial charge in [-0.15, -0.1) is 0 Å². The number of hydrogen-bond acceptors (Lipinski definition) is 5. The molecular formula is C13H18N2O5. The minimum Gasteiger partial charge on any atom is -0.444 e. The van der Waals surface area contributed by atoms with Gasteiger partial charge in [-0.1, -0.05) is 12.1 Å². The van der Waals surface area contributed by atoms with Crippen molar-refractivity contribution in [2.24, 2.45) is 0 Å². The molecule has 0 bridgehead atoms. The topological polar surface area (TPSA) is 102 Å². The summed E-state index contributed by atoms with van der Waals surface area (Å²) in [4.78, 5) is 21.8. The van der Waals surface area contributed by atoms with Gasteiger partial charge in [0.05, 0.1) is 17.6 Å². The number of amides is 1. The lowest BCUT2D eigenvalue weighted by molar-refractivity contribution is -0.384. The number of nitro groups is 1. The first-order valence-corrected chi connectivity index (χ1v) is 6.07. The summed E-state index contributed by atoms with van der Waals surface area (Å²) in [6.45, 7) is 4.76. The first kappa shape index (κ1) is 15.9. The fourth-order valence-electron chi connectivity index (χ4n) is 1.54. The zero-order chi connectivity index (χ0) is 15.3. The minimum atomic E-state index is -0.759. The third-order valence-corrected chi connectivity index (χ3v) is 2.36. The van der Waals surface area contributed by atoms with E-state index in [1.165, 1.54) is 18.2 Å². The number of nitrogens with one attached hydrogen (secondary N) is 1. The molecule has 0 aliphatic carbocycles. The molecule has 0 fully saturated rings. The summed E-state index contributed by atoms with van der Waals surface area (Å²) in [6, 6.07) is 4.96. The number of non-ortho nitro benzene ring substituents is 1. The molecule has 7 heteroatoms. The van der Waals surface area contributed by atoms with Crippen LogP contribution < -0.4 is 5.32 Å². The van der Waals surface area contributed by atoms with Crippen molar-refractivity contribution in [1.29, 1.82) is 0 Å². The Hall–Kier alpha value is -2.15. The smallest absolute Gasteiger partial charge is 0.408 e. The van der Waals surface area contributed by atoms with Gasteiger partial charge in [0.15, 0.2) is 0 Å². The summed E-state index contributed by atoms with van der Waals surface area (Å²) in [7, 11) is 0. The van der Waals surface area contributed by atoms with Gasteiger partial charge in [0, 0.05) is 12.1 Å². The van der Waals surface area contributed by atoms with Gasteiger partial charge in [0.2, 0.25) is 0 Å². The molecule has 0 saturated carbocycles. The normalized spacial score (nSPS) is 12.6. The number of aliphatic hydroxyl groups excluding tert-OH is 1. The highest BCUT2D eigenvalue weighted by molar-refractivity contribution is 5.68. The monoisotopic (exact) mass is 282 g/mol. The fourth-order valence-corrected chi connectivity index (χ4v) is 1.54. The molecule has 0 radical (unpaired) electrons. The number of hydrogen-bond donors (Lipinski definition) is 2. The number of alkyl carbamates (subject to hydrolysis) is 1. The van der Waals surface area contributed by atoms with Crippen LogP contribution in [0.25, 0.3) is 0 Å². The number of aliphatic hydroxyl groups is 1. The number of nitrogens with zero attached hydrogens (tertiary/aromatic N) is 1. The number of ether oxygens (including phenoxy) is 1. The van der Waals surface area contributed by atoms with E-state index in [9.17, 15) is 20.0 Å². The van der Waals surface area contributed by atoms with Crippen LogP contribution >= 0.6 is 0 Å². The Morgan fingerprint density at radius 3 is 2.65 bits per heavy atom. The molecule has 0 aliphatic heterocycles. The van der Waals surface area contributed by atoms with E-state index >= 15 is 0 Å². The zero-order valence-corrected chi connectivity index (χ0v) is 11.6.